The van der Waals surface area contributed by atoms with Gasteiger partial charge in [0.15, 0.2) is 0 Å². The van der Waals surface area contributed by atoms with Crippen molar-refractivity contribution < 1.29 is 9.47 Å². The van der Waals surface area contributed by atoms with Crippen LogP contribution in [0.1, 0.15) is 26.0 Å². The highest BCUT2D eigenvalue weighted by molar-refractivity contribution is 5.39. The summed E-state index contributed by atoms with van der Waals surface area (Å²) in [6.07, 6.45) is 6.52. The molecule has 110 valence electrons. The Morgan fingerprint density at radius 3 is 3.00 bits per heavy atom. The first kappa shape index (κ1) is 14.9. The van der Waals surface area contributed by atoms with Crippen molar-refractivity contribution in [2.24, 2.45) is 0 Å². The smallest absolute Gasteiger partial charge is 0.147 e. The summed E-state index contributed by atoms with van der Waals surface area (Å²) in [5, 5.41) is 3.39. The lowest BCUT2D eigenvalue weighted by atomic mass is 10.1. The second-order valence-corrected chi connectivity index (χ2v) is 5.26. The summed E-state index contributed by atoms with van der Waals surface area (Å²) in [7, 11) is 0. The summed E-state index contributed by atoms with van der Waals surface area (Å²) in [6.45, 7) is 8.12. The van der Waals surface area contributed by atoms with Crippen LogP contribution < -0.4 is 5.32 Å². The van der Waals surface area contributed by atoms with Gasteiger partial charge in [-0.1, -0.05) is 11.6 Å². The van der Waals surface area contributed by atoms with Crippen molar-refractivity contribution >= 4 is 5.82 Å². The minimum atomic E-state index is 0.115. The molecule has 0 amide bonds. The molecule has 1 aliphatic rings. The van der Waals surface area contributed by atoms with E-state index in [4.69, 9.17) is 9.47 Å². The zero-order valence-corrected chi connectivity index (χ0v) is 12.4. The lowest BCUT2D eigenvalue weighted by molar-refractivity contribution is -0.0318. The molecule has 1 aromatic rings. The highest BCUT2D eigenvalue weighted by atomic mass is 16.5. The van der Waals surface area contributed by atoms with Crippen molar-refractivity contribution in [2.45, 2.75) is 39.3 Å². The first-order valence-electron chi connectivity index (χ1n) is 7.03. The number of aryl methyl sites for hydroxylation is 1. The quantitative estimate of drug-likeness (QED) is 0.837. The molecule has 0 radical (unpaired) electrons. The zero-order valence-electron chi connectivity index (χ0n) is 12.4. The number of nitrogens with zero attached hydrogens (tertiary/aromatic N) is 2. The third kappa shape index (κ3) is 4.28. The molecule has 1 aromatic heterocycles. The molecule has 0 spiro atoms. The molecule has 0 unspecified atom stereocenters. The van der Waals surface area contributed by atoms with Gasteiger partial charge in [-0.3, -0.25) is 4.98 Å². The number of anilines is 1. The molecule has 1 saturated heterocycles. The molecule has 1 aliphatic heterocycles. The second kappa shape index (κ2) is 7.36. The van der Waals surface area contributed by atoms with Crippen LogP contribution in [-0.4, -0.2) is 41.9 Å². The monoisotopic (exact) mass is 277 g/mol. The number of hydrogen-bond donors (Lipinski definition) is 1. The predicted octanol–water partition coefficient (Wildman–Crippen LogP) is 2.34. The Hall–Kier alpha value is -1.46. The summed E-state index contributed by atoms with van der Waals surface area (Å²) in [4.78, 5) is 8.56. The number of allylic oxidation sites excluding steroid dienone is 1. The third-order valence-corrected chi connectivity index (χ3v) is 3.30. The molecule has 5 nitrogen and oxygen atoms in total. The lowest BCUT2D eigenvalue weighted by Crippen LogP contribution is -2.44. The SMILES string of the molecule is CC(C)=CCO[C@H]1CCOC[C@H]1Nc1nccnc1C. The Balaban J connectivity index is 1.96. The van der Waals surface area contributed by atoms with Gasteiger partial charge in [0.1, 0.15) is 5.82 Å². The minimum Gasteiger partial charge on any atom is -0.379 e. The number of aromatic nitrogens is 2. The average molecular weight is 277 g/mol. The Morgan fingerprint density at radius 2 is 2.25 bits per heavy atom. The van der Waals surface area contributed by atoms with E-state index in [1.54, 1.807) is 12.4 Å². The molecule has 1 N–H and O–H groups in total. The molecular formula is C15H23N3O2. The van der Waals surface area contributed by atoms with E-state index >= 15 is 0 Å². The third-order valence-electron chi connectivity index (χ3n) is 3.30. The Labute approximate surface area is 120 Å². The van der Waals surface area contributed by atoms with E-state index in [0.29, 0.717) is 13.2 Å². The first-order chi connectivity index (χ1) is 9.66. The minimum absolute atomic E-state index is 0.115. The number of ether oxygens (including phenoxy) is 2. The van der Waals surface area contributed by atoms with Gasteiger partial charge in [-0.2, -0.15) is 0 Å². The fourth-order valence-corrected chi connectivity index (χ4v) is 2.12. The van der Waals surface area contributed by atoms with E-state index in [2.05, 4.69) is 35.2 Å². The summed E-state index contributed by atoms with van der Waals surface area (Å²) in [5.74, 6) is 0.804. The molecule has 20 heavy (non-hydrogen) atoms. The van der Waals surface area contributed by atoms with Gasteiger partial charge in [0, 0.05) is 19.0 Å². The molecule has 0 saturated carbocycles. The van der Waals surface area contributed by atoms with Crippen molar-refractivity contribution in [1.29, 1.82) is 0 Å². The Kier molecular flexibility index (Phi) is 5.49. The van der Waals surface area contributed by atoms with Gasteiger partial charge in [0.25, 0.3) is 0 Å². The van der Waals surface area contributed by atoms with Crippen molar-refractivity contribution in [1.82, 2.24) is 9.97 Å². The molecule has 2 heterocycles. The van der Waals surface area contributed by atoms with Crippen LogP contribution in [0, 0.1) is 6.92 Å². The summed E-state index contributed by atoms with van der Waals surface area (Å²) >= 11 is 0. The highest BCUT2D eigenvalue weighted by Crippen LogP contribution is 2.17. The summed E-state index contributed by atoms with van der Waals surface area (Å²) in [6, 6.07) is 0.115. The van der Waals surface area contributed by atoms with E-state index < -0.39 is 0 Å². The van der Waals surface area contributed by atoms with Gasteiger partial charge in [0.05, 0.1) is 31.1 Å². The molecule has 5 heteroatoms. The van der Waals surface area contributed by atoms with Crippen LogP contribution in [-0.2, 0) is 9.47 Å². The van der Waals surface area contributed by atoms with Crippen LogP contribution in [0.5, 0.6) is 0 Å². The Bertz CT molecular complexity index is 458. The van der Waals surface area contributed by atoms with Crippen LogP contribution in [0.15, 0.2) is 24.0 Å². The van der Waals surface area contributed by atoms with E-state index in [9.17, 15) is 0 Å². The van der Waals surface area contributed by atoms with E-state index in [1.807, 2.05) is 6.92 Å². The van der Waals surface area contributed by atoms with E-state index in [-0.39, 0.29) is 12.1 Å². The van der Waals surface area contributed by atoms with Crippen molar-refractivity contribution in [3.63, 3.8) is 0 Å². The topological polar surface area (TPSA) is 56.3 Å². The molecule has 2 atom stereocenters. The second-order valence-electron chi connectivity index (χ2n) is 5.26. The fraction of sp³-hybridized carbons (Fsp3) is 0.600. The van der Waals surface area contributed by atoms with Gasteiger partial charge in [-0.25, -0.2) is 4.98 Å². The van der Waals surface area contributed by atoms with Crippen molar-refractivity contribution in [3.05, 3.63) is 29.7 Å². The number of nitrogens with one attached hydrogen (secondary N) is 1. The van der Waals surface area contributed by atoms with Gasteiger partial charge >= 0.3 is 0 Å². The first-order valence-corrected chi connectivity index (χ1v) is 7.03. The van der Waals surface area contributed by atoms with Gasteiger partial charge in [-0.05, 0) is 27.2 Å². The standard InChI is InChI=1S/C15H23N3O2/c1-11(2)4-9-20-14-5-8-19-10-13(14)18-15-12(3)16-6-7-17-15/h4,6-7,13-14H,5,8-10H2,1-3H3,(H,17,18)/t13-,14+/m1/s1. The van der Waals surface area contributed by atoms with Crippen LogP contribution in [0.3, 0.4) is 0 Å². The van der Waals surface area contributed by atoms with Crippen LogP contribution in [0.2, 0.25) is 0 Å². The van der Waals surface area contributed by atoms with Gasteiger partial charge < -0.3 is 14.8 Å². The molecular weight excluding hydrogens is 254 g/mol. The van der Waals surface area contributed by atoms with Gasteiger partial charge in [-0.15, -0.1) is 0 Å². The van der Waals surface area contributed by atoms with Crippen LogP contribution in [0.4, 0.5) is 5.82 Å². The van der Waals surface area contributed by atoms with Crippen molar-refractivity contribution in [2.75, 3.05) is 25.1 Å². The number of rotatable bonds is 5. The maximum absolute atomic E-state index is 5.95. The maximum Gasteiger partial charge on any atom is 0.147 e. The van der Waals surface area contributed by atoms with Gasteiger partial charge in [0.2, 0.25) is 0 Å². The molecule has 1 fully saturated rings. The molecule has 0 aromatic carbocycles. The number of hydrogen-bond acceptors (Lipinski definition) is 5. The normalized spacial score (nSPS) is 22.4. The predicted molar refractivity (Wildman–Crippen MR) is 78.8 cm³/mol. The zero-order chi connectivity index (χ0) is 14.4. The van der Waals surface area contributed by atoms with Crippen LogP contribution >= 0.6 is 0 Å². The van der Waals surface area contributed by atoms with Crippen LogP contribution in [0.25, 0.3) is 0 Å². The van der Waals surface area contributed by atoms with E-state index in [1.165, 1.54) is 5.57 Å². The maximum atomic E-state index is 5.95. The van der Waals surface area contributed by atoms with Crippen molar-refractivity contribution in [3.8, 4) is 0 Å². The highest BCUT2D eigenvalue weighted by Gasteiger charge is 2.27. The van der Waals surface area contributed by atoms with E-state index in [0.717, 1.165) is 24.5 Å². The molecule has 0 bridgehead atoms. The molecule has 2 rings (SSSR count). The lowest BCUT2D eigenvalue weighted by Gasteiger charge is -2.32. The Morgan fingerprint density at radius 1 is 1.45 bits per heavy atom. The largest absolute Gasteiger partial charge is 0.379 e. The summed E-state index contributed by atoms with van der Waals surface area (Å²) in [5.41, 5.74) is 2.16. The average Bonchev–Trinajstić information content (AvgIpc) is 2.43. The molecule has 0 aliphatic carbocycles. The summed E-state index contributed by atoms with van der Waals surface area (Å²) < 4.78 is 11.5. The fourth-order valence-electron chi connectivity index (χ4n) is 2.12.